The number of amides is 1. The molecule has 0 aromatic heterocycles. The molecule has 166 valence electrons. The second kappa shape index (κ2) is 9.75. The molecule has 1 aliphatic carbocycles. The van der Waals surface area contributed by atoms with Gasteiger partial charge in [0.15, 0.2) is 22.5 Å². The summed E-state index contributed by atoms with van der Waals surface area (Å²) >= 11 is 11.9. The Morgan fingerprint density at radius 2 is 1.87 bits per heavy atom. The summed E-state index contributed by atoms with van der Waals surface area (Å²) in [6.45, 7) is 1.05. The third-order valence-corrected chi connectivity index (χ3v) is 7.76. The molecule has 1 aromatic rings. The van der Waals surface area contributed by atoms with Crippen molar-refractivity contribution in [3.63, 3.8) is 0 Å². The number of hydrogen-bond acceptors (Lipinski definition) is 6. The molecule has 0 unspecified atom stereocenters. The van der Waals surface area contributed by atoms with E-state index in [1.54, 1.807) is 17.0 Å². The van der Waals surface area contributed by atoms with Gasteiger partial charge in [0.2, 0.25) is 0 Å². The minimum absolute atomic E-state index is 0.00366. The van der Waals surface area contributed by atoms with Crippen molar-refractivity contribution in [1.29, 1.82) is 0 Å². The van der Waals surface area contributed by atoms with Crippen molar-refractivity contribution in [3.8, 4) is 5.75 Å². The zero-order valence-corrected chi connectivity index (χ0v) is 19.0. The number of nitrogens with zero attached hydrogens (tertiary/aromatic N) is 1. The van der Waals surface area contributed by atoms with E-state index in [0.29, 0.717) is 11.4 Å². The van der Waals surface area contributed by atoms with Gasteiger partial charge in [-0.25, -0.2) is 13.2 Å². The Labute approximate surface area is 186 Å². The van der Waals surface area contributed by atoms with Gasteiger partial charge in [-0.05, 0) is 44.4 Å². The molecule has 0 radical (unpaired) electrons. The van der Waals surface area contributed by atoms with Gasteiger partial charge in [0.05, 0.1) is 16.5 Å². The van der Waals surface area contributed by atoms with Gasteiger partial charge in [-0.3, -0.25) is 4.79 Å². The summed E-state index contributed by atoms with van der Waals surface area (Å²) < 4.78 is 34.5. The van der Waals surface area contributed by atoms with Crippen LogP contribution in [-0.2, 0) is 24.2 Å². The second-order valence-corrected chi connectivity index (χ2v) is 10.8. The molecule has 0 bridgehead atoms. The van der Waals surface area contributed by atoms with Crippen molar-refractivity contribution in [2.75, 3.05) is 18.1 Å². The Kier molecular flexibility index (Phi) is 7.52. The van der Waals surface area contributed by atoms with Crippen LogP contribution in [0, 0.1) is 0 Å². The molecule has 0 spiro atoms. The molecular formula is C20H25Cl2NO6S. The van der Waals surface area contributed by atoms with Gasteiger partial charge in [0.25, 0.3) is 5.91 Å². The Balaban J connectivity index is 1.59. The third kappa shape index (κ3) is 5.80. The number of carbonyl (C=O) groups excluding carboxylic acids is 2. The number of esters is 1. The molecule has 0 N–H and O–H groups in total. The highest BCUT2D eigenvalue weighted by atomic mass is 35.5. The van der Waals surface area contributed by atoms with Crippen LogP contribution in [-0.4, -0.2) is 61.5 Å². The van der Waals surface area contributed by atoms with E-state index in [9.17, 15) is 18.0 Å². The molecule has 7 nitrogen and oxygen atoms in total. The van der Waals surface area contributed by atoms with Crippen LogP contribution in [0.25, 0.3) is 0 Å². The molecule has 1 aromatic carbocycles. The maximum absolute atomic E-state index is 12.9. The molecule has 10 heteroatoms. The highest BCUT2D eigenvalue weighted by Gasteiger charge is 2.39. The lowest BCUT2D eigenvalue weighted by molar-refractivity contribution is -0.159. The van der Waals surface area contributed by atoms with E-state index in [2.05, 4.69) is 0 Å². The van der Waals surface area contributed by atoms with Crippen molar-refractivity contribution >= 4 is 44.9 Å². The number of benzene rings is 1. The number of ether oxygens (including phenoxy) is 2. The van der Waals surface area contributed by atoms with Crippen LogP contribution in [0.2, 0.25) is 10.0 Å². The first-order valence-corrected chi connectivity index (χ1v) is 12.5. The van der Waals surface area contributed by atoms with Crippen LogP contribution >= 0.6 is 23.2 Å². The van der Waals surface area contributed by atoms with Crippen LogP contribution in [0.3, 0.4) is 0 Å². The summed E-state index contributed by atoms with van der Waals surface area (Å²) in [6.07, 6.45) is 3.12. The normalized spacial score (nSPS) is 21.9. The zero-order chi connectivity index (χ0) is 21.9. The van der Waals surface area contributed by atoms with Crippen molar-refractivity contribution in [2.24, 2.45) is 0 Å². The lowest BCUT2D eigenvalue weighted by Gasteiger charge is -2.34. The maximum Gasteiger partial charge on any atom is 0.347 e. The fourth-order valence-electron chi connectivity index (χ4n) is 4.02. The molecule has 1 aliphatic heterocycles. The Hall–Kier alpha value is -1.51. The molecule has 3 rings (SSSR count). The van der Waals surface area contributed by atoms with Gasteiger partial charge < -0.3 is 14.4 Å². The first-order valence-electron chi connectivity index (χ1n) is 9.96. The lowest BCUT2D eigenvalue weighted by atomic mass is 10.1. The Morgan fingerprint density at radius 1 is 1.17 bits per heavy atom. The quantitative estimate of drug-likeness (QED) is 0.559. The van der Waals surface area contributed by atoms with Crippen molar-refractivity contribution in [1.82, 2.24) is 4.90 Å². The predicted molar refractivity (Wildman–Crippen MR) is 114 cm³/mol. The number of halogens is 2. The molecule has 1 heterocycles. The molecule has 2 aliphatic rings. The van der Waals surface area contributed by atoms with E-state index in [1.807, 2.05) is 0 Å². The van der Waals surface area contributed by atoms with E-state index in [4.69, 9.17) is 32.7 Å². The number of sulfone groups is 1. The molecule has 2 fully saturated rings. The monoisotopic (exact) mass is 477 g/mol. The third-order valence-electron chi connectivity index (χ3n) is 5.48. The SMILES string of the molecule is C[C@H](Oc1ccc(Cl)cc1Cl)C(=O)OCC(=O)N(C1CCCC1)[C@H]1CCS(=O)(=O)C1. The van der Waals surface area contributed by atoms with Crippen LogP contribution in [0.1, 0.15) is 39.0 Å². The summed E-state index contributed by atoms with van der Waals surface area (Å²) in [5.74, 6) is -0.743. The highest BCUT2D eigenvalue weighted by molar-refractivity contribution is 7.91. The van der Waals surface area contributed by atoms with Crippen molar-refractivity contribution in [3.05, 3.63) is 28.2 Å². The molecule has 1 saturated carbocycles. The van der Waals surface area contributed by atoms with E-state index >= 15 is 0 Å². The summed E-state index contributed by atoms with van der Waals surface area (Å²) in [6, 6.07) is 4.26. The van der Waals surface area contributed by atoms with Crippen LogP contribution < -0.4 is 4.74 Å². The van der Waals surface area contributed by atoms with Gasteiger partial charge >= 0.3 is 5.97 Å². The molecular weight excluding hydrogens is 453 g/mol. The van der Waals surface area contributed by atoms with Gasteiger partial charge in [0, 0.05) is 17.1 Å². The minimum atomic E-state index is -3.13. The predicted octanol–water partition coefficient (Wildman–Crippen LogP) is 3.26. The number of rotatable bonds is 7. The molecule has 1 amide bonds. The first kappa shape index (κ1) is 23.2. The van der Waals surface area contributed by atoms with E-state index in [0.717, 1.165) is 25.7 Å². The minimum Gasteiger partial charge on any atom is -0.477 e. The maximum atomic E-state index is 12.9. The molecule has 1 saturated heterocycles. The summed E-state index contributed by atoms with van der Waals surface area (Å²) in [7, 11) is -3.13. The van der Waals surface area contributed by atoms with Crippen LogP contribution in [0.4, 0.5) is 0 Å². The Bertz CT molecular complexity index is 901. The second-order valence-electron chi connectivity index (χ2n) is 7.74. The first-order chi connectivity index (χ1) is 14.2. The zero-order valence-electron chi connectivity index (χ0n) is 16.7. The van der Waals surface area contributed by atoms with E-state index in [1.165, 1.54) is 13.0 Å². The molecule has 30 heavy (non-hydrogen) atoms. The molecule has 2 atom stereocenters. The summed E-state index contributed by atoms with van der Waals surface area (Å²) in [5.41, 5.74) is 0. The average Bonchev–Trinajstić information content (AvgIpc) is 3.32. The summed E-state index contributed by atoms with van der Waals surface area (Å²) in [4.78, 5) is 26.8. The number of carbonyl (C=O) groups is 2. The van der Waals surface area contributed by atoms with E-state index < -0.39 is 28.5 Å². The van der Waals surface area contributed by atoms with Crippen molar-refractivity contribution in [2.45, 2.75) is 57.2 Å². The smallest absolute Gasteiger partial charge is 0.347 e. The fourth-order valence-corrected chi connectivity index (χ4v) is 6.18. The fraction of sp³-hybridized carbons (Fsp3) is 0.600. The highest BCUT2D eigenvalue weighted by Crippen LogP contribution is 2.30. The van der Waals surface area contributed by atoms with Gasteiger partial charge in [0.1, 0.15) is 5.75 Å². The average molecular weight is 478 g/mol. The lowest BCUT2D eigenvalue weighted by Crippen LogP contribution is -2.48. The number of hydrogen-bond donors (Lipinski definition) is 0. The van der Waals surface area contributed by atoms with Gasteiger partial charge in [-0.1, -0.05) is 36.0 Å². The van der Waals surface area contributed by atoms with Gasteiger partial charge in [-0.15, -0.1) is 0 Å². The van der Waals surface area contributed by atoms with Crippen LogP contribution in [0.5, 0.6) is 5.75 Å². The Morgan fingerprint density at radius 3 is 2.47 bits per heavy atom. The standard InChI is InChI=1S/C20H25Cl2NO6S/c1-13(29-18-7-6-14(21)10-17(18)22)20(25)28-11-19(24)23(15-4-2-3-5-15)16-8-9-30(26,27)12-16/h6-7,10,13,15-16H,2-5,8-9,11-12H2,1H3/t13-,16-/m0/s1. The summed E-state index contributed by atoms with van der Waals surface area (Å²) in [5, 5.41) is 0.696. The van der Waals surface area contributed by atoms with E-state index in [-0.39, 0.29) is 40.3 Å². The van der Waals surface area contributed by atoms with Crippen LogP contribution in [0.15, 0.2) is 18.2 Å². The topological polar surface area (TPSA) is 90.0 Å². The van der Waals surface area contributed by atoms with Gasteiger partial charge in [-0.2, -0.15) is 0 Å². The largest absolute Gasteiger partial charge is 0.477 e. The van der Waals surface area contributed by atoms with Crippen molar-refractivity contribution < 1.29 is 27.5 Å².